The van der Waals surface area contributed by atoms with E-state index < -0.39 is 17.9 Å². The van der Waals surface area contributed by atoms with Crippen LogP contribution in [-0.4, -0.2) is 47.4 Å². The number of carbonyl (C=O) groups is 3. The molecule has 0 radical (unpaired) electrons. The fourth-order valence-corrected chi connectivity index (χ4v) is 3.17. The van der Waals surface area contributed by atoms with Gasteiger partial charge in [0.1, 0.15) is 6.04 Å². The number of benzene rings is 1. The summed E-state index contributed by atoms with van der Waals surface area (Å²) in [6, 6.07) is 7.14. The van der Waals surface area contributed by atoms with E-state index in [-0.39, 0.29) is 18.4 Å². The van der Waals surface area contributed by atoms with Gasteiger partial charge in [0.25, 0.3) is 0 Å². The monoisotopic (exact) mass is 332 g/mol. The van der Waals surface area contributed by atoms with Crippen molar-refractivity contribution in [2.45, 2.75) is 44.6 Å². The van der Waals surface area contributed by atoms with Crippen molar-refractivity contribution in [3.63, 3.8) is 0 Å². The average Bonchev–Trinajstić information content (AvgIpc) is 2.54. The summed E-state index contributed by atoms with van der Waals surface area (Å²) in [5.41, 5.74) is 2.45. The smallest absolute Gasteiger partial charge is 0.326 e. The topological polar surface area (TPSA) is 86.7 Å². The molecule has 2 atom stereocenters. The number of carbonyl (C=O) groups excluding carboxylic acids is 2. The van der Waals surface area contributed by atoms with Crippen molar-refractivity contribution in [2.75, 3.05) is 13.6 Å². The van der Waals surface area contributed by atoms with E-state index >= 15 is 0 Å². The first kappa shape index (κ1) is 18.0. The summed E-state index contributed by atoms with van der Waals surface area (Å²) in [6.45, 7) is 1.22. The lowest BCUT2D eigenvalue weighted by atomic mass is 9.79. The maximum atomic E-state index is 12.0. The van der Waals surface area contributed by atoms with E-state index in [0.717, 1.165) is 19.3 Å². The van der Waals surface area contributed by atoms with Gasteiger partial charge >= 0.3 is 5.97 Å². The van der Waals surface area contributed by atoms with Crippen molar-refractivity contribution in [3.05, 3.63) is 35.4 Å². The van der Waals surface area contributed by atoms with Gasteiger partial charge in [-0.3, -0.25) is 9.59 Å². The van der Waals surface area contributed by atoms with Gasteiger partial charge in [-0.1, -0.05) is 24.3 Å². The third-order valence-corrected chi connectivity index (χ3v) is 4.57. The van der Waals surface area contributed by atoms with Crippen LogP contribution < -0.4 is 5.32 Å². The number of nitrogens with zero attached hydrogens (tertiary/aromatic N) is 1. The lowest BCUT2D eigenvalue weighted by Crippen LogP contribution is -2.46. The van der Waals surface area contributed by atoms with Gasteiger partial charge in [0.15, 0.2) is 0 Å². The summed E-state index contributed by atoms with van der Waals surface area (Å²) in [4.78, 5) is 36.0. The third kappa shape index (κ3) is 4.57. The van der Waals surface area contributed by atoms with Crippen LogP contribution in [-0.2, 0) is 20.8 Å². The molecule has 0 bridgehead atoms. The number of aliphatic carboxylic acids is 1. The molecule has 1 aliphatic rings. The molecule has 0 aliphatic heterocycles. The predicted molar refractivity (Wildman–Crippen MR) is 89.6 cm³/mol. The van der Waals surface area contributed by atoms with E-state index in [2.05, 4.69) is 11.4 Å². The maximum absolute atomic E-state index is 12.0. The predicted octanol–water partition coefficient (Wildman–Crippen LogP) is 1.54. The number of carboxylic acid groups (broad SMARTS) is 1. The van der Waals surface area contributed by atoms with Crippen molar-refractivity contribution < 1.29 is 19.5 Å². The second kappa shape index (κ2) is 7.95. The molecule has 2 amide bonds. The normalized spacial score (nSPS) is 17.5. The van der Waals surface area contributed by atoms with Gasteiger partial charge in [-0.25, -0.2) is 4.79 Å². The molecule has 2 unspecified atom stereocenters. The number of nitrogens with one attached hydrogen (secondary N) is 1. The van der Waals surface area contributed by atoms with Crippen LogP contribution in [0.4, 0.5) is 0 Å². The molecular weight excluding hydrogens is 308 g/mol. The Hall–Kier alpha value is -2.37. The van der Waals surface area contributed by atoms with Crippen LogP contribution in [0.15, 0.2) is 24.3 Å². The Labute approximate surface area is 141 Å². The molecule has 6 heteroatoms. The van der Waals surface area contributed by atoms with Crippen molar-refractivity contribution >= 4 is 17.8 Å². The van der Waals surface area contributed by atoms with Gasteiger partial charge in [0.2, 0.25) is 11.8 Å². The zero-order valence-corrected chi connectivity index (χ0v) is 14.1. The lowest BCUT2D eigenvalue weighted by molar-refractivity contribution is -0.142. The summed E-state index contributed by atoms with van der Waals surface area (Å²) >= 11 is 0. The first-order valence-corrected chi connectivity index (χ1v) is 8.20. The molecule has 0 saturated carbocycles. The van der Waals surface area contributed by atoms with Crippen molar-refractivity contribution in [2.24, 2.45) is 0 Å². The van der Waals surface area contributed by atoms with Crippen LogP contribution in [0.25, 0.3) is 0 Å². The second-order valence-electron chi connectivity index (χ2n) is 6.36. The molecule has 0 spiro atoms. The molecule has 0 fully saturated rings. The summed E-state index contributed by atoms with van der Waals surface area (Å²) in [6.07, 6.45) is 3.32. The van der Waals surface area contributed by atoms with Gasteiger partial charge in [0.05, 0.1) is 6.54 Å². The molecule has 6 nitrogen and oxygen atoms in total. The molecular formula is C18H24N2O4. The van der Waals surface area contributed by atoms with Crippen LogP contribution in [0.1, 0.15) is 43.2 Å². The molecule has 130 valence electrons. The van der Waals surface area contributed by atoms with E-state index in [4.69, 9.17) is 0 Å². The third-order valence-electron chi connectivity index (χ3n) is 4.57. The van der Waals surface area contributed by atoms with Crippen LogP contribution in [0.2, 0.25) is 0 Å². The largest absolute Gasteiger partial charge is 0.480 e. The maximum Gasteiger partial charge on any atom is 0.326 e. The number of hydrogen-bond acceptors (Lipinski definition) is 3. The zero-order chi connectivity index (χ0) is 17.7. The molecule has 1 aromatic rings. The highest BCUT2D eigenvalue weighted by Crippen LogP contribution is 2.34. The summed E-state index contributed by atoms with van der Waals surface area (Å²) in [7, 11) is 1.51. The Morgan fingerprint density at radius 3 is 2.71 bits per heavy atom. The Kier molecular flexibility index (Phi) is 5.95. The minimum Gasteiger partial charge on any atom is -0.480 e. The summed E-state index contributed by atoms with van der Waals surface area (Å²) in [5.74, 6) is -1.61. The van der Waals surface area contributed by atoms with E-state index in [1.165, 1.54) is 30.0 Å². The Balaban J connectivity index is 2.03. The second-order valence-corrected chi connectivity index (χ2v) is 6.36. The summed E-state index contributed by atoms with van der Waals surface area (Å²) in [5, 5.41) is 12.0. The standard InChI is InChI=1S/C18H24N2O4/c1-12(21)20(2)11-17(22)19-16(18(23)24)10-14-8-5-7-13-6-3-4-9-15(13)14/h3-4,6,9,14,16H,5,7-8,10-11H2,1-2H3,(H,19,22)(H,23,24). The molecule has 0 heterocycles. The van der Waals surface area contributed by atoms with Gasteiger partial charge in [-0.15, -0.1) is 0 Å². The van der Waals surface area contributed by atoms with E-state index in [1.54, 1.807) is 0 Å². The van der Waals surface area contributed by atoms with E-state index in [1.807, 2.05) is 18.2 Å². The first-order valence-electron chi connectivity index (χ1n) is 8.20. The molecule has 1 aromatic carbocycles. The minimum absolute atomic E-state index is 0.127. The van der Waals surface area contributed by atoms with Crippen LogP contribution in [0, 0.1) is 0 Å². The lowest BCUT2D eigenvalue weighted by Gasteiger charge is -2.28. The number of hydrogen-bond donors (Lipinski definition) is 2. The fourth-order valence-electron chi connectivity index (χ4n) is 3.17. The number of aryl methyl sites for hydroxylation is 1. The SMILES string of the molecule is CC(=O)N(C)CC(=O)NC(CC1CCCc2ccccc21)C(=O)O. The summed E-state index contributed by atoms with van der Waals surface area (Å²) < 4.78 is 0. The highest BCUT2D eigenvalue weighted by Gasteiger charge is 2.28. The Morgan fingerprint density at radius 2 is 2.04 bits per heavy atom. The van der Waals surface area contributed by atoms with Gasteiger partial charge in [-0.2, -0.15) is 0 Å². The van der Waals surface area contributed by atoms with E-state index in [0.29, 0.717) is 6.42 Å². The molecule has 0 aromatic heterocycles. The molecule has 2 N–H and O–H groups in total. The van der Waals surface area contributed by atoms with E-state index in [9.17, 15) is 19.5 Å². The number of rotatable bonds is 6. The van der Waals surface area contributed by atoms with Gasteiger partial charge in [0, 0.05) is 14.0 Å². The number of likely N-dealkylation sites (N-methyl/N-ethyl adjacent to an activating group) is 1. The highest BCUT2D eigenvalue weighted by atomic mass is 16.4. The number of amides is 2. The van der Waals surface area contributed by atoms with Gasteiger partial charge < -0.3 is 15.3 Å². The molecule has 1 aliphatic carbocycles. The van der Waals surface area contributed by atoms with Crippen LogP contribution in [0.3, 0.4) is 0 Å². The zero-order valence-electron chi connectivity index (χ0n) is 14.1. The number of carboxylic acids is 1. The minimum atomic E-state index is -1.04. The quantitative estimate of drug-likeness (QED) is 0.827. The first-order chi connectivity index (χ1) is 11.4. The van der Waals surface area contributed by atoms with Gasteiger partial charge in [-0.05, 0) is 42.7 Å². The molecule has 0 saturated heterocycles. The van der Waals surface area contributed by atoms with Crippen molar-refractivity contribution in [1.29, 1.82) is 0 Å². The Bertz CT molecular complexity index is 629. The number of fused-ring (bicyclic) bond motifs is 1. The molecule has 24 heavy (non-hydrogen) atoms. The van der Waals surface area contributed by atoms with Crippen LogP contribution in [0.5, 0.6) is 0 Å². The molecule has 2 rings (SSSR count). The van der Waals surface area contributed by atoms with Crippen molar-refractivity contribution in [1.82, 2.24) is 10.2 Å². The fraction of sp³-hybridized carbons (Fsp3) is 0.500. The Morgan fingerprint density at radius 1 is 1.33 bits per heavy atom. The van der Waals surface area contributed by atoms with Crippen molar-refractivity contribution in [3.8, 4) is 0 Å². The average molecular weight is 332 g/mol. The highest BCUT2D eigenvalue weighted by molar-refractivity contribution is 5.87. The van der Waals surface area contributed by atoms with Crippen LogP contribution >= 0.6 is 0 Å².